The molecular weight excluding hydrogens is 494 g/mol. The lowest BCUT2D eigenvalue weighted by Gasteiger charge is -2.28. The summed E-state index contributed by atoms with van der Waals surface area (Å²) in [4.78, 5) is 22.4. The van der Waals surface area contributed by atoms with Gasteiger partial charge in [-0.25, -0.2) is 9.19 Å². The van der Waals surface area contributed by atoms with Crippen molar-refractivity contribution in [3.05, 3.63) is 82.9 Å². The molecule has 1 unspecified atom stereocenters. The van der Waals surface area contributed by atoms with E-state index in [0.29, 0.717) is 46.6 Å². The van der Waals surface area contributed by atoms with E-state index in [-0.39, 0.29) is 11.3 Å². The fraction of sp³-hybridized carbons (Fsp3) is 0.154. The van der Waals surface area contributed by atoms with E-state index in [2.05, 4.69) is 19.9 Å². The quantitative estimate of drug-likeness (QED) is 0.234. The normalized spacial score (nSPS) is 14.7. The monoisotopic (exact) mass is 519 g/mol. The Labute approximate surface area is 215 Å². The third-order valence-electron chi connectivity index (χ3n) is 6.04. The number of nitrogens with zero attached hydrogens (tertiary/aromatic N) is 2. The van der Waals surface area contributed by atoms with Crippen LogP contribution in [0, 0.1) is 0 Å². The SMILES string of the molecule is O=c1[nH]ccc2cc(-c3cccc(C=CNS(=O)O)c3O)nc(Nc3ccc(N4CCOCC4)cc3)c12. The summed E-state index contributed by atoms with van der Waals surface area (Å²) >= 11 is -2.21. The van der Waals surface area contributed by atoms with Gasteiger partial charge in [0, 0.05) is 48.0 Å². The molecule has 2 aromatic heterocycles. The van der Waals surface area contributed by atoms with Crippen LogP contribution in [0.3, 0.4) is 0 Å². The number of pyridine rings is 2. The number of aromatic nitrogens is 2. The van der Waals surface area contributed by atoms with Gasteiger partial charge in [0.05, 0.1) is 24.3 Å². The predicted molar refractivity (Wildman–Crippen MR) is 145 cm³/mol. The third kappa shape index (κ3) is 5.48. The summed E-state index contributed by atoms with van der Waals surface area (Å²) in [6, 6.07) is 16.5. The fourth-order valence-corrected chi connectivity index (χ4v) is 4.43. The Bertz CT molecular complexity index is 1530. The molecule has 3 heterocycles. The van der Waals surface area contributed by atoms with Crippen LogP contribution in [0.15, 0.2) is 71.8 Å². The van der Waals surface area contributed by atoms with Crippen LogP contribution in [0.5, 0.6) is 5.75 Å². The molecule has 1 saturated heterocycles. The van der Waals surface area contributed by atoms with E-state index in [1.807, 2.05) is 24.3 Å². The number of hydrogen-bond acceptors (Lipinski definition) is 7. The number of para-hydroxylation sites is 1. The first-order chi connectivity index (χ1) is 18.0. The summed E-state index contributed by atoms with van der Waals surface area (Å²) in [5.41, 5.74) is 2.89. The molecule has 5 rings (SSSR count). The minimum Gasteiger partial charge on any atom is -0.507 e. The number of aromatic hydroxyl groups is 1. The number of hydrogen-bond donors (Lipinski definition) is 5. The first kappa shape index (κ1) is 24.5. The Morgan fingerprint density at radius 1 is 1.11 bits per heavy atom. The number of rotatable bonds is 7. The molecule has 11 heteroatoms. The average Bonchev–Trinajstić information content (AvgIpc) is 2.90. The number of benzene rings is 2. The van der Waals surface area contributed by atoms with E-state index in [4.69, 9.17) is 14.3 Å². The number of morpholine rings is 1. The van der Waals surface area contributed by atoms with Gasteiger partial charge in [0.15, 0.2) is 0 Å². The van der Waals surface area contributed by atoms with Crippen molar-refractivity contribution in [3.63, 3.8) is 0 Å². The highest BCUT2D eigenvalue weighted by molar-refractivity contribution is 7.77. The van der Waals surface area contributed by atoms with Gasteiger partial charge < -0.3 is 25.0 Å². The molecule has 4 aromatic rings. The van der Waals surface area contributed by atoms with Crippen molar-refractivity contribution in [2.45, 2.75) is 0 Å². The van der Waals surface area contributed by atoms with Gasteiger partial charge in [0.25, 0.3) is 16.8 Å². The molecule has 2 aromatic carbocycles. The number of nitrogens with one attached hydrogen (secondary N) is 3. The third-order valence-corrected chi connectivity index (χ3v) is 6.37. The first-order valence-corrected chi connectivity index (χ1v) is 12.7. The molecule has 10 nitrogen and oxygen atoms in total. The molecule has 1 aliphatic heterocycles. The molecule has 0 bridgehead atoms. The van der Waals surface area contributed by atoms with E-state index in [9.17, 15) is 14.1 Å². The van der Waals surface area contributed by atoms with Crippen molar-refractivity contribution in [1.82, 2.24) is 14.7 Å². The zero-order valence-corrected chi connectivity index (χ0v) is 20.5. The lowest BCUT2D eigenvalue weighted by atomic mass is 10.0. The van der Waals surface area contributed by atoms with Gasteiger partial charge in [-0.3, -0.25) is 14.1 Å². The second kappa shape index (κ2) is 10.8. The van der Waals surface area contributed by atoms with Gasteiger partial charge in [-0.15, -0.1) is 0 Å². The Balaban J connectivity index is 1.52. The minimum absolute atomic E-state index is 0.0539. The standard InChI is InChI=1S/C26H25N5O5S/c32-24-17(9-11-28-37(34)35)2-1-3-21(24)22-16-18-8-10-27-26(33)23(18)25(30-22)29-19-4-6-20(7-5-19)31-12-14-36-15-13-31/h1-11,16,28,32H,12-15H2,(H,27,33)(H,29,30)(H,34,35). The van der Waals surface area contributed by atoms with Crippen LogP contribution in [0.1, 0.15) is 5.56 Å². The molecule has 0 spiro atoms. The Hall–Kier alpha value is -4.19. The van der Waals surface area contributed by atoms with Gasteiger partial charge >= 0.3 is 0 Å². The van der Waals surface area contributed by atoms with Crippen molar-refractivity contribution in [3.8, 4) is 17.0 Å². The maximum absolute atomic E-state index is 12.7. The van der Waals surface area contributed by atoms with Gasteiger partial charge in [0.1, 0.15) is 11.6 Å². The van der Waals surface area contributed by atoms with E-state index < -0.39 is 11.3 Å². The summed E-state index contributed by atoms with van der Waals surface area (Å²) in [6.45, 7) is 3.07. The molecule has 5 N–H and O–H groups in total. The lowest BCUT2D eigenvalue weighted by Crippen LogP contribution is -2.36. The number of aromatic amines is 1. The molecule has 0 saturated carbocycles. The highest BCUT2D eigenvalue weighted by Crippen LogP contribution is 2.35. The first-order valence-electron chi connectivity index (χ1n) is 11.6. The molecule has 0 amide bonds. The molecule has 0 aliphatic carbocycles. The summed E-state index contributed by atoms with van der Waals surface area (Å²) < 4.78 is 27.4. The fourth-order valence-electron chi connectivity index (χ4n) is 4.24. The van der Waals surface area contributed by atoms with Crippen LogP contribution in [-0.2, 0) is 16.0 Å². The number of fused-ring (bicyclic) bond motifs is 1. The number of ether oxygens (including phenoxy) is 1. The summed E-state index contributed by atoms with van der Waals surface area (Å²) in [6.07, 6.45) is 4.32. The van der Waals surface area contributed by atoms with Crippen molar-refractivity contribution in [2.75, 3.05) is 36.5 Å². The van der Waals surface area contributed by atoms with Crippen LogP contribution in [-0.4, -0.2) is 50.1 Å². The van der Waals surface area contributed by atoms with Gasteiger partial charge in [0.2, 0.25) is 0 Å². The lowest BCUT2D eigenvalue weighted by molar-refractivity contribution is 0.122. The maximum Gasteiger partial charge on any atom is 0.259 e. The Morgan fingerprint density at radius 3 is 2.65 bits per heavy atom. The Kier molecular flexibility index (Phi) is 7.17. The second-order valence-electron chi connectivity index (χ2n) is 8.34. The molecule has 0 radical (unpaired) electrons. The molecule has 190 valence electrons. The maximum atomic E-state index is 12.7. The van der Waals surface area contributed by atoms with E-state index in [1.165, 1.54) is 12.3 Å². The largest absolute Gasteiger partial charge is 0.507 e. The zero-order valence-electron chi connectivity index (χ0n) is 19.7. The van der Waals surface area contributed by atoms with Crippen molar-refractivity contribution >= 4 is 45.3 Å². The molecule has 1 atom stereocenters. The highest BCUT2D eigenvalue weighted by Gasteiger charge is 2.16. The Morgan fingerprint density at radius 2 is 1.89 bits per heavy atom. The van der Waals surface area contributed by atoms with Gasteiger partial charge in [-0.1, -0.05) is 12.1 Å². The number of anilines is 3. The average molecular weight is 520 g/mol. The minimum atomic E-state index is -2.21. The van der Waals surface area contributed by atoms with Crippen molar-refractivity contribution < 1.29 is 18.6 Å². The van der Waals surface area contributed by atoms with E-state index in [1.54, 1.807) is 36.5 Å². The summed E-state index contributed by atoms with van der Waals surface area (Å²) in [5, 5.41) is 15.2. The van der Waals surface area contributed by atoms with Crippen LogP contribution >= 0.6 is 0 Å². The number of phenolic OH excluding ortho intramolecular Hbond substituents is 1. The zero-order chi connectivity index (χ0) is 25.8. The van der Waals surface area contributed by atoms with Crippen molar-refractivity contribution in [1.29, 1.82) is 0 Å². The second-order valence-corrected chi connectivity index (χ2v) is 9.08. The summed E-state index contributed by atoms with van der Waals surface area (Å²) in [5.74, 6) is 0.299. The number of phenols is 1. The molecule has 37 heavy (non-hydrogen) atoms. The van der Waals surface area contributed by atoms with E-state index in [0.717, 1.165) is 24.5 Å². The van der Waals surface area contributed by atoms with Crippen LogP contribution in [0.25, 0.3) is 28.1 Å². The predicted octanol–water partition coefficient (Wildman–Crippen LogP) is 3.57. The van der Waals surface area contributed by atoms with Crippen molar-refractivity contribution in [2.24, 2.45) is 0 Å². The smallest absolute Gasteiger partial charge is 0.259 e. The van der Waals surface area contributed by atoms with Gasteiger partial charge in [-0.2, -0.15) is 0 Å². The van der Waals surface area contributed by atoms with Crippen LogP contribution in [0.2, 0.25) is 0 Å². The van der Waals surface area contributed by atoms with Crippen LogP contribution < -0.4 is 20.5 Å². The summed E-state index contributed by atoms with van der Waals surface area (Å²) in [7, 11) is 0. The van der Waals surface area contributed by atoms with E-state index >= 15 is 0 Å². The highest BCUT2D eigenvalue weighted by atomic mass is 32.2. The van der Waals surface area contributed by atoms with Crippen LogP contribution in [0.4, 0.5) is 17.2 Å². The molecule has 1 aliphatic rings. The molecular formula is C26H25N5O5S. The number of H-pyrrole nitrogens is 1. The van der Waals surface area contributed by atoms with Gasteiger partial charge in [-0.05, 0) is 53.9 Å². The molecule has 1 fully saturated rings. The topological polar surface area (TPSA) is 140 Å².